The van der Waals surface area contributed by atoms with Gasteiger partial charge in [0.15, 0.2) is 18.9 Å². The van der Waals surface area contributed by atoms with Crippen molar-refractivity contribution in [2.75, 3.05) is 13.2 Å². The van der Waals surface area contributed by atoms with Gasteiger partial charge in [-0.3, -0.25) is 0 Å². The van der Waals surface area contributed by atoms with Crippen molar-refractivity contribution < 1.29 is 74.7 Å². The molecule has 194 valence electrons. The first-order valence-electron chi connectivity index (χ1n) is 10.4. The lowest BCUT2D eigenvalue weighted by Crippen LogP contribution is -2.66. The lowest BCUT2D eigenvalue weighted by molar-refractivity contribution is -0.386. The highest BCUT2D eigenvalue weighted by atomic mass is 16.8. The van der Waals surface area contributed by atoms with Crippen LogP contribution in [0.25, 0.3) is 0 Å². The first-order chi connectivity index (χ1) is 15.5. The molecule has 3 aliphatic heterocycles. The molecule has 0 bridgehead atoms. The second-order valence-corrected chi connectivity index (χ2v) is 8.32. The molecule has 10 N–H and O–H groups in total. The van der Waals surface area contributed by atoms with Gasteiger partial charge in [0.05, 0.1) is 19.3 Å². The molecule has 0 amide bonds. The van der Waals surface area contributed by atoms with Crippen LogP contribution in [0, 0.1) is 0 Å². The molecule has 0 aromatic rings. The first-order valence-corrected chi connectivity index (χ1v) is 10.4. The molecule has 3 aliphatic rings. The van der Waals surface area contributed by atoms with Crippen LogP contribution < -0.4 is 0 Å². The summed E-state index contributed by atoms with van der Waals surface area (Å²) in [6.07, 6.45) is -24.1. The van der Waals surface area contributed by atoms with E-state index in [1.165, 1.54) is 6.92 Å². The number of rotatable bonds is 6. The molecule has 3 heterocycles. The molecule has 0 aromatic carbocycles. The van der Waals surface area contributed by atoms with Gasteiger partial charge < -0.3 is 74.7 Å². The third-order valence-corrected chi connectivity index (χ3v) is 6.06. The Morgan fingerprint density at radius 2 is 1.03 bits per heavy atom. The molecule has 0 aliphatic carbocycles. The minimum absolute atomic E-state index is 0.746. The topological polar surface area (TPSA) is 248 Å². The predicted octanol–water partition coefficient (Wildman–Crippen LogP) is -6.55. The van der Waals surface area contributed by atoms with E-state index in [0.717, 1.165) is 0 Å². The lowest BCUT2D eigenvalue weighted by atomic mass is 9.96. The zero-order chi connectivity index (χ0) is 24.6. The largest absolute Gasteiger partial charge is 0.394 e. The van der Waals surface area contributed by atoms with Crippen LogP contribution in [0.15, 0.2) is 0 Å². The summed E-state index contributed by atoms with van der Waals surface area (Å²) in [5, 5.41) is 100.0. The Hall–Kier alpha value is -0.600. The summed E-state index contributed by atoms with van der Waals surface area (Å²) < 4.78 is 26.7. The Kier molecular flexibility index (Phi) is 8.99. The Bertz CT molecular complexity index is 624. The zero-order valence-corrected chi connectivity index (χ0v) is 17.6. The fraction of sp³-hybridized carbons (Fsp3) is 1.00. The van der Waals surface area contributed by atoms with E-state index in [9.17, 15) is 51.1 Å². The molecule has 0 aromatic heterocycles. The van der Waals surface area contributed by atoms with Crippen molar-refractivity contribution in [1.82, 2.24) is 0 Å². The molecule has 1 unspecified atom stereocenters. The van der Waals surface area contributed by atoms with Gasteiger partial charge in [0, 0.05) is 0 Å². The van der Waals surface area contributed by atoms with E-state index in [4.69, 9.17) is 23.7 Å². The van der Waals surface area contributed by atoms with Crippen molar-refractivity contribution in [3.05, 3.63) is 0 Å². The maximum atomic E-state index is 10.6. The molecule has 0 radical (unpaired) electrons. The average molecular weight is 488 g/mol. The van der Waals surface area contributed by atoms with E-state index >= 15 is 0 Å². The molecule has 0 saturated carbocycles. The van der Waals surface area contributed by atoms with Gasteiger partial charge in [-0.15, -0.1) is 0 Å². The van der Waals surface area contributed by atoms with Gasteiger partial charge in [0.2, 0.25) is 0 Å². The van der Waals surface area contributed by atoms with Gasteiger partial charge in [0.25, 0.3) is 0 Å². The van der Waals surface area contributed by atoms with Crippen LogP contribution in [0.1, 0.15) is 6.92 Å². The molecule has 33 heavy (non-hydrogen) atoms. The Balaban J connectivity index is 1.82. The monoisotopic (exact) mass is 488 g/mol. The summed E-state index contributed by atoms with van der Waals surface area (Å²) in [4.78, 5) is 0. The zero-order valence-electron chi connectivity index (χ0n) is 17.6. The highest BCUT2D eigenvalue weighted by Gasteiger charge is 2.53. The van der Waals surface area contributed by atoms with Crippen LogP contribution in [0.3, 0.4) is 0 Å². The summed E-state index contributed by atoms with van der Waals surface area (Å²) in [7, 11) is 0. The van der Waals surface area contributed by atoms with E-state index in [-0.39, 0.29) is 0 Å². The van der Waals surface area contributed by atoms with Gasteiger partial charge in [-0.1, -0.05) is 0 Å². The van der Waals surface area contributed by atoms with Gasteiger partial charge in [-0.2, -0.15) is 0 Å². The predicted molar refractivity (Wildman–Crippen MR) is 99.8 cm³/mol. The maximum Gasteiger partial charge on any atom is 0.187 e. The SMILES string of the molecule is C[C@@H]1O[C@@H](O[C@H]2[C@H](O)[C@@H](CO)OC(O)[C@@H]2O[C@H]2O[C@H](CO)[C@@H](O)[C@H](O)[C@@H]2O)[C@H](O)[C@H](O)[C@H]1O. The summed E-state index contributed by atoms with van der Waals surface area (Å²) in [5.41, 5.74) is 0. The van der Waals surface area contributed by atoms with Crippen molar-refractivity contribution in [3.63, 3.8) is 0 Å². The number of hydrogen-bond donors (Lipinski definition) is 10. The molecule has 3 saturated heterocycles. The van der Waals surface area contributed by atoms with Crippen LogP contribution >= 0.6 is 0 Å². The van der Waals surface area contributed by atoms with E-state index in [1.54, 1.807) is 0 Å². The third kappa shape index (κ3) is 5.32. The molecule has 15 heteroatoms. The van der Waals surface area contributed by atoms with Crippen LogP contribution in [-0.4, -0.2) is 156 Å². The van der Waals surface area contributed by atoms with E-state index < -0.39 is 105 Å². The second-order valence-electron chi connectivity index (χ2n) is 8.32. The summed E-state index contributed by atoms with van der Waals surface area (Å²) in [5.74, 6) is 0. The number of aliphatic hydroxyl groups is 10. The Labute approximate surface area is 187 Å². The van der Waals surface area contributed by atoms with Crippen LogP contribution in [0.2, 0.25) is 0 Å². The Morgan fingerprint density at radius 1 is 0.545 bits per heavy atom. The van der Waals surface area contributed by atoms with Gasteiger partial charge in [-0.25, -0.2) is 0 Å². The molecule has 15 nitrogen and oxygen atoms in total. The number of hydrogen-bond acceptors (Lipinski definition) is 15. The highest BCUT2D eigenvalue weighted by molar-refractivity contribution is 4.95. The van der Waals surface area contributed by atoms with Crippen LogP contribution in [0.4, 0.5) is 0 Å². The molecular weight excluding hydrogens is 456 g/mol. The maximum absolute atomic E-state index is 10.6. The van der Waals surface area contributed by atoms with Crippen molar-refractivity contribution in [3.8, 4) is 0 Å². The smallest absolute Gasteiger partial charge is 0.187 e. The van der Waals surface area contributed by atoms with Gasteiger partial charge >= 0.3 is 0 Å². The van der Waals surface area contributed by atoms with E-state index in [1.807, 2.05) is 0 Å². The summed E-state index contributed by atoms with van der Waals surface area (Å²) >= 11 is 0. The number of aliphatic hydroxyl groups excluding tert-OH is 10. The number of ether oxygens (including phenoxy) is 5. The highest BCUT2D eigenvalue weighted by Crippen LogP contribution is 2.32. The van der Waals surface area contributed by atoms with Crippen molar-refractivity contribution in [2.45, 2.75) is 99.0 Å². The second kappa shape index (κ2) is 11.0. The molecule has 15 atom stereocenters. The minimum atomic E-state index is -1.89. The molecular formula is C18H32O15. The lowest BCUT2D eigenvalue weighted by Gasteiger charge is -2.48. The molecule has 3 fully saturated rings. The minimum Gasteiger partial charge on any atom is -0.394 e. The Morgan fingerprint density at radius 3 is 1.61 bits per heavy atom. The standard InChI is InChI=1S/C18H32O15/c1-4-7(21)10(24)12(26)17(29-4)32-14-9(23)6(3-20)30-16(28)15(14)33-18-13(27)11(25)8(22)5(2-19)31-18/h4-28H,2-3H2,1H3/t4-,5+,6+,7-,8+,9+,10+,11-,12+,13-,14-,15+,16?,17-,18+/m0/s1. The summed E-state index contributed by atoms with van der Waals surface area (Å²) in [6, 6.07) is 0. The quantitative estimate of drug-likeness (QED) is 0.167. The van der Waals surface area contributed by atoms with Crippen molar-refractivity contribution >= 4 is 0 Å². The van der Waals surface area contributed by atoms with Gasteiger partial charge in [-0.05, 0) is 6.92 Å². The first kappa shape index (κ1) is 27.0. The fourth-order valence-electron chi connectivity index (χ4n) is 3.97. The van der Waals surface area contributed by atoms with E-state index in [0.29, 0.717) is 0 Å². The molecule has 0 spiro atoms. The normalized spacial score (nSPS) is 53.7. The van der Waals surface area contributed by atoms with Crippen LogP contribution in [-0.2, 0) is 23.7 Å². The van der Waals surface area contributed by atoms with Crippen molar-refractivity contribution in [2.24, 2.45) is 0 Å². The van der Waals surface area contributed by atoms with Gasteiger partial charge in [0.1, 0.15) is 67.1 Å². The average Bonchev–Trinajstić information content (AvgIpc) is 2.79. The van der Waals surface area contributed by atoms with Crippen LogP contribution in [0.5, 0.6) is 0 Å². The molecule has 3 rings (SSSR count). The fourth-order valence-corrected chi connectivity index (χ4v) is 3.97. The van der Waals surface area contributed by atoms with Crippen molar-refractivity contribution in [1.29, 1.82) is 0 Å². The summed E-state index contributed by atoms with van der Waals surface area (Å²) in [6.45, 7) is -0.107. The third-order valence-electron chi connectivity index (χ3n) is 6.06. The van der Waals surface area contributed by atoms with E-state index in [2.05, 4.69) is 0 Å².